The van der Waals surface area contributed by atoms with E-state index in [1.807, 2.05) is 0 Å². The van der Waals surface area contributed by atoms with Crippen molar-refractivity contribution in [1.29, 1.82) is 0 Å². The Balaban J connectivity index is 2.13. The number of rotatable bonds is 3. The highest BCUT2D eigenvalue weighted by Gasteiger charge is 2.31. The number of alkyl halides is 4. The molecule has 2 rings (SSSR count). The molecule has 0 heterocycles. The zero-order valence-electron chi connectivity index (χ0n) is 10.8. The van der Waals surface area contributed by atoms with Gasteiger partial charge in [0.25, 0.3) is 0 Å². The van der Waals surface area contributed by atoms with Crippen LogP contribution in [-0.4, -0.2) is 11.9 Å². The van der Waals surface area contributed by atoms with Crippen LogP contribution in [0.2, 0.25) is 0 Å². The molecule has 20 heavy (non-hydrogen) atoms. The minimum Gasteiger partial charge on any atom is -0.381 e. The molecule has 1 N–H and O–H groups in total. The van der Waals surface area contributed by atoms with Crippen molar-refractivity contribution >= 4 is 33.2 Å². The van der Waals surface area contributed by atoms with Crippen LogP contribution in [0.15, 0.2) is 22.7 Å². The smallest absolute Gasteiger partial charge is 0.381 e. The van der Waals surface area contributed by atoms with E-state index in [-0.39, 0.29) is 6.04 Å². The molecule has 6 heteroatoms. The molecule has 112 valence electrons. The standard InChI is InChI=1S/C14H16BrClF3N/c15-11-7-10(14(17,18)19)5-6-13(11)20-12-4-2-1-3-9(12)8-16/h5-7,9,12,20H,1-4,8H2. The zero-order valence-corrected chi connectivity index (χ0v) is 13.2. The molecular formula is C14H16BrClF3N. The number of anilines is 1. The van der Waals surface area contributed by atoms with Crippen molar-refractivity contribution in [3.05, 3.63) is 28.2 Å². The molecule has 0 bridgehead atoms. The third kappa shape index (κ3) is 3.82. The fourth-order valence-electron chi connectivity index (χ4n) is 2.59. The van der Waals surface area contributed by atoms with Crippen molar-refractivity contribution < 1.29 is 13.2 Å². The molecule has 0 aromatic heterocycles. The number of nitrogens with one attached hydrogen (secondary N) is 1. The predicted octanol–water partition coefficient (Wildman–Crippen LogP) is 5.68. The molecule has 1 nitrogen and oxygen atoms in total. The van der Waals surface area contributed by atoms with Gasteiger partial charge in [0.2, 0.25) is 0 Å². The number of halogens is 5. The van der Waals surface area contributed by atoms with Crippen LogP contribution in [-0.2, 0) is 6.18 Å². The van der Waals surface area contributed by atoms with Crippen LogP contribution in [0.1, 0.15) is 31.2 Å². The van der Waals surface area contributed by atoms with Crippen LogP contribution in [0.5, 0.6) is 0 Å². The van der Waals surface area contributed by atoms with Gasteiger partial charge < -0.3 is 5.32 Å². The van der Waals surface area contributed by atoms with Crippen molar-refractivity contribution in [3.8, 4) is 0 Å². The summed E-state index contributed by atoms with van der Waals surface area (Å²) in [6.45, 7) is 0. The summed E-state index contributed by atoms with van der Waals surface area (Å²) in [7, 11) is 0. The zero-order chi connectivity index (χ0) is 14.8. The van der Waals surface area contributed by atoms with Crippen molar-refractivity contribution in [3.63, 3.8) is 0 Å². The third-order valence-corrected chi connectivity index (χ3v) is 4.80. The van der Waals surface area contributed by atoms with E-state index in [1.165, 1.54) is 12.5 Å². The Morgan fingerprint density at radius 3 is 2.55 bits per heavy atom. The van der Waals surface area contributed by atoms with E-state index >= 15 is 0 Å². The van der Waals surface area contributed by atoms with Crippen LogP contribution in [0.25, 0.3) is 0 Å². The van der Waals surface area contributed by atoms with Gasteiger partial charge in [0.05, 0.1) is 5.56 Å². The first kappa shape index (κ1) is 16.0. The Labute approximate surface area is 130 Å². The normalized spacial score (nSPS) is 23.6. The molecule has 1 aliphatic rings. The highest BCUT2D eigenvalue weighted by molar-refractivity contribution is 9.10. The van der Waals surface area contributed by atoms with Crippen LogP contribution < -0.4 is 5.32 Å². The van der Waals surface area contributed by atoms with Crippen molar-refractivity contribution in [1.82, 2.24) is 0 Å². The van der Waals surface area contributed by atoms with Gasteiger partial charge in [-0.25, -0.2) is 0 Å². The third-order valence-electron chi connectivity index (χ3n) is 3.74. The molecule has 0 saturated heterocycles. The quantitative estimate of drug-likeness (QED) is 0.675. The Kier molecular flexibility index (Phi) is 5.24. The van der Waals surface area contributed by atoms with Gasteiger partial charge in [0, 0.05) is 22.1 Å². The second kappa shape index (κ2) is 6.56. The number of benzene rings is 1. The van der Waals surface area contributed by atoms with Gasteiger partial charge in [-0.3, -0.25) is 0 Å². The summed E-state index contributed by atoms with van der Waals surface area (Å²) in [6.07, 6.45) is 0.0574. The summed E-state index contributed by atoms with van der Waals surface area (Å²) in [4.78, 5) is 0. The molecule has 2 unspecified atom stereocenters. The lowest BCUT2D eigenvalue weighted by Crippen LogP contribution is -2.33. The van der Waals surface area contributed by atoms with E-state index in [9.17, 15) is 13.2 Å². The van der Waals surface area contributed by atoms with Crippen molar-refractivity contribution in [2.24, 2.45) is 5.92 Å². The molecule has 0 radical (unpaired) electrons. The SMILES string of the molecule is FC(F)(F)c1ccc(NC2CCCCC2CCl)c(Br)c1. The van der Waals surface area contributed by atoms with Gasteiger partial charge in [0.1, 0.15) is 0 Å². The fraction of sp³-hybridized carbons (Fsp3) is 0.571. The van der Waals surface area contributed by atoms with Crippen LogP contribution in [0.4, 0.5) is 18.9 Å². The molecule has 1 saturated carbocycles. The van der Waals surface area contributed by atoms with Crippen molar-refractivity contribution in [2.45, 2.75) is 37.9 Å². The maximum absolute atomic E-state index is 12.6. The average Bonchev–Trinajstić information content (AvgIpc) is 2.40. The van der Waals surface area contributed by atoms with E-state index in [0.717, 1.165) is 31.4 Å². The first-order chi connectivity index (χ1) is 9.41. The molecule has 0 aliphatic heterocycles. The summed E-state index contributed by atoms with van der Waals surface area (Å²) >= 11 is 9.18. The largest absolute Gasteiger partial charge is 0.416 e. The monoisotopic (exact) mass is 369 g/mol. The van der Waals surface area contributed by atoms with Gasteiger partial charge in [-0.1, -0.05) is 12.8 Å². The lowest BCUT2D eigenvalue weighted by molar-refractivity contribution is -0.137. The highest BCUT2D eigenvalue weighted by atomic mass is 79.9. The molecular weight excluding hydrogens is 355 g/mol. The van der Waals surface area contributed by atoms with Gasteiger partial charge in [-0.05, 0) is 52.9 Å². The fourth-order valence-corrected chi connectivity index (χ4v) is 3.45. The van der Waals surface area contributed by atoms with E-state index in [0.29, 0.717) is 22.0 Å². The van der Waals surface area contributed by atoms with Gasteiger partial charge in [-0.15, -0.1) is 11.6 Å². The highest BCUT2D eigenvalue weighted by Crippen LogP contribution is 2.35. The van der Waals surface area contributed by atoms with E-state index in [4.69, 9.17) is 11.6 Å². The van der Waals surface area contributed by atoms with Gasteiger partial charge in [0.15, 0.2) is 0 Å². The molecule has 0 amide bonds. The summed E-state index contributed by atoms with van der Waals surface area (Å²) in [6, 6.07) is 3.92. The van der Waals surface area contributed by atoms with Gasteiger partial charge in [-0.2, -0.15) is 13.2 Å². The predicted molar refractivity (Wildman–Crippen MR) is 79.2 cm³/mol. The first-order valence-corrected chi connectivity index (χ1v) is 7.94. The number of hydrogen-bond acceptors (Lipinski definition) is 1. The molecule has 1 aromatic carbocycles. The van der Waals surface area contributed by atoms with E-state index < -0.39 is 11.7 Å². The van der Waals surface area contributed by atoms with Crippen LogP contribution in [0, 0.1) is 5.92 Å². The lowest BCUT2D eigenvalue weighted by atomic mass is 9.85. The second-order valence-corrected chi connectivity index (χ2v) is 6.30. The van der Waals surface area contributed by atoms with E-state index in [2.05, 4.69) is 21.2 Å². The maximum atomic E-state index is 12.6. The Hall–Kier alpha value is -0.420. The van der Waals surface area contributed by atoms with Crippen LogP contribution in [0.3, 0.4) is 0 Å². The molecule has 1 fully saturated rings. The van der Waals surface area contributed by atoms with Crippen molar-refractivity contribution in [2.75, 3.05) is 11.2 Å². The molecule has 0 spiro atoms. The lowest BCUT2D eigenvalue weighted by Gasteiger charge is -2.32. The van der Waals surface area contributed by atoms with Crippen LogP contribution >= 0.6 is 27.5 Å². The van der Waals surface area contributed by atoms with Gasteiger partial charge >= 0.3 is 6.18 Å². The molecule has 1 aromatic rings. The second-order valence-electron chi connectivity index (χ2n) is 5.14. The summed E-state index contributed by atoms with van der Waals surface area (Å²) < 4.78 is 38.3. The summed E-state index contributed by atoms with van der Waals surface area (Å²) in [5.41, 5.74) is 0.0486. The molecule has 2 atom stereocenters. The Bertz CT molecular complexity index is 464. The van der Waals surface area contributed by atoms with E-state index in [1.54, 1.807) is 0 Å². The Morgan fingerprint density at radius 2 is 1.95 bits per heavy atom. The number of hydrogen-bond donors (Lipinski definition) is 1. The average molecular weight is 371 g/mol. The summed E-state index contributed by atoms with van der Waals surface area (Å²) in [5.74, 6) is 0.954. The Morgan fingerprint density at radius 1 is 1.25 bits per heavy atom. The minimum absolute atomic E-state index is 0.231. The first-order valence-electron chi connectivity index (χ1n) is 6.61. The minimum atomic E-state index is -4.31. The maximum Gasteiger partial charge on any atom is 0.416 e. The topological polar surface area (TPSA) is 12.0 Å². The molecule has 1 aliphatic carbocycles. The summed E-state index contributed by atoms with van der Waals surface area (Å²) in [5, 5.41) is 3.33.